The Balaban J connectivity index is 2.46. The predicted octanol–water partition coefficient (Wildman–Crippen LogP) is 1.41. The monoisotopic (exact) mass is 201 g/mol. The van der Waals surface area contributed by atoms with E-state index in [0.717, 1.165) is 16.5 Å². The molecule has 0 saturated heterocycles. The summed E-state index contributed by atoms with van der Waals surface area (Å²) in [6, 6.07) is 5.44. The van der Waals surface area contributed by atoms with Crippen molar-refractivity contribution in [3.63, 3.8) is 0 Å². The Labute approximate surface area is 83.9 Å². The topological polar surface area (TPSA) is 84.9 Å². The summed E-state index contributed by atoms with van der Waals surface area (Å²) in [4.78, 5) is 17.9. The lowest BCUT2D eigenvalue weighted by Crippen LogP contribution is -2.12. The van der Waals surface area contributed by atoms with Crippen LogP contribution in [0.5, 0.6) is 0 Å². The lowest BCUT2D eigenvalue weighted by molar-refractivity contribution is 0.0991. The highest BCUT2D eigenvalue weighted by molar-refractivity contribution is 6.04. The predicted molar refractivity (Wildman–Crippen MR) is 54.4 cm³/mol. The van der Waals surface area contributed by atoms with Gasteiger partial charge in [0, 0.05) is 5.39 Å². The molecule has 5 heteroatoms. The smallest absolute Gasteiger partial charge is 0.284 e. The molecule has 1 aromatic carbocycles. The van der Waals surface area contributed by atoms with Crippen LogP contribution in [0.15, 0.2) is 28.9 Å². The van der Waals surface area contributed by atoms with Gasteiger partial charge in [0.25, 0.3) is 5.91 Å². The van der Waals surface area contributed by atoms with Gasteiger partial charge in [0.15, 0.2) is 5.82 Å². The highest BCUT2D eigenvalue weighted by Crippen LogP contribution is 2.24. The first-order valence-corrected chi connectivity index (χ1v) is 4.41. The van der Waals surface area contributed by atoms with Gasteiger partial charge in [-0.05, 0) is 18.2 Å². The largest absolute Gasteiger partial charge is 0.464 e. The molecule has 0 aliphatic rings. The fourth-order valence-corrected chi connectivity index (χ4v) is 1.63. The van der Waals surface area contributed by atoms with E-state index in [1.165, 1.54) is 0 Å². The second-order valence-electron chi connectivity index (χ2n) is 3.24. The second kappa shape index (κ2) is 2.60. The number of nitrogens with zero attached hydrogens (tertiary/aromatic N) is 1. The Hall–Kier alpha value is -2.30. The number of hydrogen-bond donors (Lipinski definition) is 2. The van der Waals surface area contributed by atoms with Crippen LogP contribution in [0.4, 0.5) is 0 Å². The van der Waals surface area contributed by atoms with E-state index in [2.05, 4.69) is 9.97 Å². The number of H-pyrrole nitrogens is 1. The SMILES string of the molecule is NC(=O)c1nc2c(ccc3occc32)[nH]1. The quantitative estimate of drug-likeness (QED) is 0.624. The van der Waals surface area contributed by atoms with E-state index >= 15 is 0 Å². The lowest BCUT2D eigenvalue weighted by Gasteiger charge is -1.88. The van der Waals surface area contributed by atoms with Crippen LogP contribution in [0.1, 0.15) is 10.6 Å². The van der Waals surface area contributed by atoms with Crippen molar-refractivity contribution in [3.05, 3.63) is 30.3 Å². The Morgan fingerprint density at radius 2 is 2.27 bits per heavy atom. The van der Waals surface area contributed by atoms with E-state index < -0.39 is 5.91 Å². The van der Waals surface area contributed by atoms with Crippen LogP contribution in [-0.4, -0.2) is 15.9 Å². The molecule has 0 saturated carbocycles. The standard InChI is InChI=1S/C10H7N3O2/c11-9(14)10-12-6-1-2-7-5(3-4-15-7)8(6)13-10/h1-4H,(H2,11,14)(H,12,13). The van der Waals surface area contributed by atoms with E-state index in [0.29, 0.717) is 5.52 Å². The van der Waals surface area contributed by atoms with Gasteiger partial charge in [0.05, 0.1) is 11.8 Å². The van der Waals surface area contributed by atoms with Gasteiger partial charge >= 0.3 is 0 Å². The normalized spacial score (nSPS) is 11.2. The summed E-state index contributed by atoms with van der Waals surface area (Å²) in [6.07, 6.45) is 1.59. The number of carbonyl (C=O) groups is 1. The number of primary amides is 1. The van der Waals surface area contributed by atoms with Crippen LogP contribution in [-0.2, 0) is 0 Å². The molecule has 0 atom stereocenters. The van der Waals surface area contributed by atoms with E-state index in [1.807, 2.05) is 12.1 Å². The van der Waals surface area contributed by atoms with Crippen LogP contribution in [0, 0.1) is 0 Å². The van der Waals surface area contributed by atoms with Crippen molar-refractivity contribution in [1.82, 2.24) is 9.97 Å². The van der Waals surface area contributed by atoms with Crippen LogP contribution in [0.3, 0.4) is 0 Å². The summed E-state index contributed by atoms with van der Waals surface area (Å²) < 4.78 is 5.23. The highest BCUT2D eigenvalue weighted by Gasteiger charge is 2.10. The molecule has 1 amide bonds. The minimum atomic E-state index is -0.567. The number of aromatic amines is 1. The lowest BCUT2D eigenvalue weighted by atomic mass is 10.2. The third-order valence-electron chi connectivity index (χ3n) is 2.32. The number of hydrogen-bond acceptors (Lipinski definition) is 3. The molecule has 15 heavy (non-hydrogen) atoms. The molecule has 0 aliphatic carbocycles. The fraction of sp³-hybridized carbons (Fsp3) is 0. The molecule has 3 N–H and O–H groups in total. The molecule has 0 aliphatic heterocycles. The van der Waals surface area contributed by atoms with Crippen molar-refractivity contribution >= 4 is 27.9 Å². The number of nitrogens with one attached hydrogen (secondary N) is 1. The number of benzene rings is 1. The summed E-state index contributed by atoms with van der Waals surface area (Å²) in [7, 11) is 0. The molecule has 5 nitrogen and oxygen atoms in total. The summed E-state index contributed by atoms with van der Waals surface area (Å²) in [6.45, 7) is 0. The van der Waals surface area contributed by atoms with Gasteiger partial charge in [-0.3, -0.25) is 4.79 Å². The highest BCUT2D eigenvalue weighted by atomic mass is 16.3. The number of fused-ring (bicyclic) bond motifs is 3. The second-order valence-corrected chi connectivity index (χ2v) is 3.24. The molecular formula is C10H7N3O2. The van der Waals surface area contributed by atoms with Crippen LogP contribution >= 0.6 is 0 Å². The maximum Gasteiger partial charge on any atom is 0.284 e. The number of aromatic nitrogens is 2. The molecule has 2 aromatic heterocycles. The molecular weight excluding hydrogens is 194 g/mol. The van der Waals surface area contributed by atoms with Crippen molar-refractivity contribution < 1.29 is 9.21 Å². The third-order valence-corrected chi connectivity index (χ3v) is 2.32. The van der Waals surface area contributed by atoms with Gasteiger partial charge in [-0.15, -0.1) is 0 Å². The molecule has 0 unspecified atom stereocenters. The minimum Gasteiger partial charge on any atom is -0.464 e. The zero-order chi connectivity index (χ0) is 10.4. The number of imidazole rings is 1. The summed E-state index contributed by atoms with van der Waals surface area (Å²) >= 11 is 0. The van der Waals surface area contributed by atoms with Crippen LogP contribution in [0.2, 0.25) is 0 Å². The van der Waals surface area contributed by atoms with E-state index in [4.69, 9.17) is 10.2 Å². The number of rotatable bonds is 1. The Morgan fingerprint density at radius 3 is 3.07 bits per heavy atom. The number of carbonyl (C=O) groups excluding carboxylic acids is 1. The molecule has 0 spiro atoms. The molecule has 2 heterocycles. The van der Waals surface area contributed by atoms with Crippen molar-refractivity contribution in [3.8, 4) is 0 Å². The van der Waals surface area contributed by atoms with Crippen LogP contribution < -0.4 is 5.73 Å². The first-order valence-electron chi connectivity index (χ1n) is 4.41. The summed E-state index contributed by atoms with van der Waals surface area (Å²) in [5.41, 5.74) is 7.36. The molecule has 3 rings (SSSR count). The van der Waals surface area contributed by atoms with Crippen molar-refractivity contribution in [2.45, 2.75) is 0 Å². The van der Waals surface area contributed by atoms with Gasteiger partial charge in [-0.1, -0.05) is 0 Å². The zero-order valence-corrected chi connectivity index (χ0v) is 7.65. The van der Waals surface area contributed by atoms with Crippen LogP contribution in [0.25, 0.3) is 22.0 Å². The molecule has 74 valence electrons. The number of furan rings is 1. The molecule has 3 aromatic rings. The number of amides is 1. The summed E-state index contributed by atoms with van der Waals surface area (Å²) in [5, 5.41) is 0.872. The molecule has 0 fully saturated rings. The zero-order valence-electron chi connectivity index (χ0n) is 7.65. The van der Waals surface area contributed by atoms with Crippen molar-refractivity contribution in [2.24, 2.45) is 5.73 Å². The maximum absolute atomic E-state index is 10.9. The van der Waals surface area contributed by atoms with Crippen molar-refractivity contribution in [1.29, 1.82) is 0 Å². The van der Waals surface area contributed by atoms with Gasteiger partial charge in [-0.25, -0.2) is 4.98 Å². The van der Waals surface area contributed by atoms with E-state index in [9.17, 15) is 4.79 Å². The molecule has 0 radical (unpaired) electrons. The Bertz CT molecular complexity index is 665. The van der Waals surface area contributed by atoms with E-state index in [-0.39, 0.29) is 5.82 Å². The first kappa shape index (κ1) is 8.05. The first-order chi connectivity index (χ1) is 7.25. The Kier molecular flexibility index (Phi) is 1.39. The van der Waals surface area contributed by atoms with E-state index in [1.54, 1.807) is 12.3 Å². The van der Waals surface area contributed by atoms with Crippen molar-refractivity contribution in [2.75, 3.05) is 0 Å². The van der Waals surface area contributed by atoms with Gasteiger partial charge in [0.1, 0.15) is 11.1 Å². The van der Waals surface area contributed by atoms with Gasteiger partial charge < -0.3 is 15.1 Å². The molecule has 0 bridgehead atoms. The minimum absolute atomic E-state index is 0.165. The van der Waals surface area contributed by atoms with Gasteiger partial charge in [0.2, 0.25) is 0 Å². The fourth-order valence-electron chi connectivity index (χ4n) is 1.63. The third kappa shape index (κ3) is 1.03. The Morgan fingerprint density at radius 1 is 1.40 bits per heavy atom. The number of nitrogens with two attached hydrogens (primary N) is 1. The average molecular weight is 201 g/mol. The van der Waals surface area contributed by atoms with Gasteiger partial charge in [-0.2, -0.15) is 0 Å². The average Bonchev–Trinajstić information content (AvgIpc) is 2.82. The maximum atomic E-state index is 10.9. The summed E-state index contributed by atoms with van der Waals surface area (Å²) in [5.74, 6) is -0.401.